The Bertz CT molecular complexity index is 910. The zero-order valence-corrected chi connectivity index (χ0v) is 16.1. The lowest BCUT2D eigenvalue weighted by Crippen LogP contribution is -2.38. The van der Waals surface area contributed by atoms with Gasteiger partial charge in [0.15, 0.2) is 9.84 Å². The second-order valence-corrected chi connectivity index (χ2v) is 8.64. The molecule has 1 fully saturated rings. The van der Waals surface area contributed by atoms with Crippen molar-refractivity contribution in [3.05, 3.63) is 52.0 Å². The molecule has 0 spiro atoms. The van der Waals surface area contributed by atoms with E-state index in [0.717, 1.165) is 38.3 Å². The first-order chi connectivity index (χ1) is 12.6. The van der Waals surface area contributed by atoms with Gasteiger partial charge in [0.2, 0.25) is 0 Å². The highest BCUT2D eigenvalue weighted by Gasteiger charge is 2.25. The number of aromatic amines is 1. The van der Waals surface area contributed by atoms with E-state index in [1.54, 1.807) is 12.1 Å². The van der Waals surface area contributed by atoms with Crippen molar-refractivity contribution in [2.75, 3.05) is 12.8 Å². The Balaban J connectivity index is 0.000000596. The molecule has 2 heterocycles. The minimum absolute atomic E-state index is 0.202. The summed E-state index contributed by atoms with van der Waals surface area (Å²) in [4.78, 5) is 20.5. The Kier molecular flexibility index (Phi) is 6.98. The van der Waals surface area contributed by atoms with E-state index in [1.807, 2.05) is 12.1 Å². The molecule has 8 nitrogen and oxygen atoms in total. The molecule has 2 aromatic rings. The molecular weight excluding hydrogens is 372 g/mol. The second-order valence-electron chi connectivity index (χ2n) is 6.63. The number of benzene rings is 1. The van der Waals surface area contributed by atoms with Gasteiger partial charge in [-0.15, -0.1) is 0 Å². The minimum atomic E-state index is -3.16. The predicted molar refractivity (Wildman–Crippen MR) is 99.7 cm³/mol. The number of sulfone groups is 1. The third kappa shape index (κ3) is 6.69. The van der Waals surface area contributed by atoms with Crippen molar-refractivity contribution >= 4 is 15.8 Å². The van der Waals surface area contributed by atoms with E-state index >= 15 is 0 Å². The number of carbonyl (C=O) groups is 1. The molecule has 1 aromatic carbocycles. The van der Waals surface area contributed by atoms with Gasteiger partial charge in [-0.25, -0.2) is 8.42 Å². The van der Waals surface area contributed by atoms with Gasteiger partial charge in [-0.2, -0.15) is 5.16 Å². The van der Waals surface area contributed by atoms with Gasteiger partial charge in [-0.3, -0.25) is 9.59 Å². The van der Waals surface area contributed by atoms with Gasteiger partial charge in [0.25, 0.3) is 11.5 Å². The molecule has 0 bridgehead atoms. The fourth-order valence-corrected chi connectivity index (χ4v) is 3.71. The topological polar surface area (TPSA) is 129 Å². The first kappa shape index (κ1) is 20.9. The minimum Gasteiger partial charge on any atom is -0.481 e. The van der Waals surface area contributed by atoms with E-state index in [4.69, 9.17) is 14.4 Å². The predicted octanol–water partition coefficient (Wildman–Crippen LogP) is 1.54. The van der Waals surface area contributed by atoms with Crippen molar-refractivity contribution in [3.8, 4) is 0 Å². The Morgan fingerprint density at radius 2 is 1.93 bits per heavy atom. The third-order valence-electron chi connectivity index (χ3n) is 4.27. The second kappa shape index (κ2) is 9.01. The summed E-state index contributed by atoms with van der Waals surface area (Å²) < 4.78 is 28.2. The zero-order chi connectivity index (χ0) is 20.0. The van der Waals surface area contributed by atoms with Gasteiger partial charge in [0.05, 0.1) is 4.90 Å². The first-order valence-corrected chi connectivity index (χ1v) is 10.4. The maximum Gasteiger partial charge on any atom is 0.300 e. The molecule has 1 aliphatic rings. The molecule has 0 aliphatic carbocycles. The van der Waals surface area contributed by atoms with Crippen LogP contribution >= 0.6 is 0 Å². The van der Waals surface area contributed by atoms with E-state index in [-0.39, 0.29) is 17.5 Å². The quantitative estimate of drug-likeness (QED) is 0.715. The molecule has 0 amide bonds. The van der Waals surface area contributed by atoms with Crippen molar-refractivity contribution in [2.45, 2.75) is 43.0 Å². The SMILES string of the molecule is CC(=O)O.CS(=O)(=O)c1ccc(C[C@H]2C[C@H](c3cc(=O)[nH]o3)CCN2)cc1. The maximum atomic E-state index is 11.5. The fraction of sp³-hybridized carbons (Fsp3) is 0.444. The number of carboxylic acids is 1. The van der Waals surface area contributed by atoms with Crippen LogP contribution in [0.3, 0.4) is 0 Å². The Hall–Kier alpha value is -2.39. The summed E-state index contributed by atoms with van der Waals surface area (Å²) in [6.45, 7) is 1.95. The largest absolute Gasteiger partial charge is 0.481 e. The monoisotopic (exact) mass is 396 g/mol. The molecule has 9 heteroatoms. The molecule has 1 aliphatic heterocycles. The highest BCUT2D eigenvalue weighted by atomic mass is 32.2. The average molecular weight is 396 g/mol. The van der Waals surface area contributed by atoms with Crippen LogP contribution in [0.15, 0.2) is 44.5 Å². The average Bonchev–Trinajstić information content (AvgIpc) is 3.01. The van der Waals surface area contributed by atoms with Gasteiger partial charge >= 0.3 is 0 Å². The summed E-state index contributed by atoms with van der Waals surface area (Å²) in [5.41, 5.74) is 0.887. The van der Waals surface area contributed by atoms with Crippen LogP contribution in [0.2, 0.25) is 0 Å². The standard InChI is InChI=1S/C16H20N2O4S.C2H4O2/c1-23(20,21)14-4-2-11(3-5-14)8-13-9-12(6-7-17-13)15-10-16(19)18-22-15;1-2(3)4/h2-5,10,12-13,17H,6-9H2,1H3,(H,18,19);1H3,(H,3,4)/t12-,13+;/m1./s1. The fourth-order valence-electron chi connectivity index (χ4n) is 3.08. The van der Waals surface area contributed by atoms with Gasteiger partial charge in [0.1, 0.15) is 5.76 Å². The van der Waals surface area contributed by atoms with Crippen LogP contribution in [0.1, 0.15) is 37.0 Å². The van der Waals surface area contributed by atoms with Crippen LogP contribution in [0, 0.1) is 0 Å². The normalized spacial score (nSPS) is 19.8. The van der Waals surface area contributed by atoms with E-state index in [1.165, 1.54) is 12.3 Å². The van der Waals surface area contributed by atoms with Gasteiger partial charge in [-0.05, 0) is 43.5 Å². The Labute approximate surface area is 157 Å². The smallest absolute Gasteiger partial charge is 0.300 e. The number of hydrogen-bond acceptors (Lipinski definition) is 6. The Morgan fingerprint density at radius 3 is 2.44 bits per heavy atom. The summed E-state index contributed by atoms with van der Waals surface area (Å²) >= 11 is 0. The molecule has 3 N–H and O–H groups in total. The number of piperidine rings is 1. The molecule has 1 saturated heterocycles. The van der Waals surface area contributed by atoms with Gasteiger partial charge < -0.3 is 14.9 Å². The number of aromatic nitrogens is 1. The molecule has 0 unspecified atom stereocenters. The molecular formula is C18H24N2O6S. The highest BCUT2D eigenvalue weighted by Crippen LogP contribution is 2.28. The maximum absolute atomic E-state index is 11.5. The molecule has 148 valence electrons. The zero-order valence-electron chi connectivity index (χ0n) is 15.3. The van der Waals surface area contributed by atoms with Crippen molar-refractivity contribution in [2.24, 2.45) is 0 Å². The van der Waals surface area contributed by atoms with Crippen molar-refractivity contribution < 1.29 is 22.8 Å². The van der Waals surface area contributed by atoms with Crippen molar-refractivity contribution in [1.82, 2.24) is 10.5 Å². The number of rotatable bonds is 4. The lowest BCUT2D eigenvalue weighted by atomic mass is 9.87. The molecule has 0 radical (unpaired) electrons. The van der Waals surface area contributed by atoms with Crippen LogP contribution in [0.25, 0.3) is 0 Å². The summed E-state index contributed by atoms with van der Waals surface area (Å²) in [7, 11) is -3.16. The van der Waals surface area contributed by atoms with Gasteiger partial charge in [0, 0.05) is 31.2 Å². The van der Waals surface area contributed by atoms with E-state index in [0.29, 0.717) is 10.7 Å². The summed E-state index contributed by atoms with van der Waals surface area (Å²) in [6, 6.07) is 8.81. The van der Waals surface area contributed by atoms with E-state index in [9.17, 15) is 13.2 Å². The Morgan fingerprint density at radius 1 is 1.30 bits per heavy atom. The highest BCUT2D eigenvalue weighted by molar-refractivity contribution is 7.90. The number of hydrogen-bond donors (Lipinski definition) is 3. The number of aliphatic carboxylic acids is 1. The summed E-state index contributed by atoms with van der Waals surface area (Å²) in [5.74, 6) is 0.115. The van der Waals surface area contributed by atoms with Crippen LogP contribution in [-0.2, 0) is 21.1 Å². The van der Waals surface area contributed by atoms with E-state index < -0.39 is 15.8 Å². The lowest BCUT2D eigenvalue weighted by molar-refractivity contribution is -0.134. The number of nitrogens with one attached hydrogen (secondary N) is 2. The van der Waals surface area contributed by atoms with Crippen LogP contribution in [0.5, 0.6) is 0 Å². The van der Waals surface area contributed by atoms with Crippen molar-refractivity contribution in [3.63, 3.8) is 0 Å². The molecule has 0 saturated carbocycles. The number of H-pyrrole nitrogens is 1. The summed E-state index contributed by atoms with van der Waals surface area (Å²) in [5, 5.41) is 13.2. The van der Waals surface area contributed by atoms with Crippen LogP contribution < -0.4 is 10.9 Å². The third-order valence-corrected chi connectivity index (χ3v) is 5.40. The van der Waals surface area contributed by atoms with Crippen LogP contribution in [0.4, 0.5) is 0 Å². The molecule has 3 rings (SSSR count). The van der Waals surface area contributed by atoms with Gasteiger partial charge in [-0.1, -0.05) is 12.1 Å². The summed E-state index contributed by atoms with van der Waals surface area (Å²) in [6.07, 6.45) is 3.84. The van der Waals surface area contributed by atoms with Crippen molar-refractivity contribution in [1.29, 1.82) is 0 Å². The lowest BCUT2D eigenvalue weighted by Gasteiger charge is -2.29. The number of carboxylic acid groups (broad SMARTS) is 1. The first-order valence-electron chi connectivity index (χ1n) is 8.55. The molecule has 1 aromatic heterocycles. The van der Waals surface area contributed by atoms with Crippen LogP contribution in [-0.4, -0.2) is 43.5 Å². The molecule has 27 heavy (non-hydrogen) atoms. The molecule has 2 atom stereocenters. The van der Waals surface area contributed by atoms with E-state index in [2.05, 4.69) is 10.5 Å².